The Bertz CT molecular complexity index is 581. The fourth-order valence-corrected chi connectivity index (χ4v) is 2.22. The van der Waals surface area contributed by atoms with Crippen LogP contribution in [0.5, 0.6) is 11.5 Å². The summed E-state index contributed by atoms with van der Waals surface area (Å²) < 4.78 is 10.7. The van der Waals surface area contributed by atoms with Crippen molar-refractivity contribution < 1.29 is 9.47 Å². The summed E-state index contributed by atoms with van der Waals surface area (Å²) in [5.74, 6) is 1.68. The van der Waals surface area contributed by atoms with Gasteiger partial charge in [0.05, 0.1) is 0 Å². The van der Waals surface area contributed by atoms with E-state index >= 15 is 0 Å². The van der Waals surface area contributed by atoms with Crippen molar-refractivity contribution >= 4 is 0 Å². The molecule has 0 atom stereocenters. The third-order valence-electron chi connectivity index (χ3n) is 3.18. The van der Waals surface area contributed by atoms with Crippen LogP contribution in [0.3, 0.4) is 0 Å². The van der Waals surface area contributed by atoms with E-state index in [0.29, 0.717) is 6.79 Å². The van der Waals surface area contributed by atoms with Crippen LogP contribution in [0.4, 0.5) is 0 Å². The lowest BCUT2D eigenvalue weighted by Gasteiger charge is -2.06. The first-order chi connectivity index (χ1) is 9.31. The number of aryl methyl sites for hydroxylation is 1. The number of benzene rings is 2. The fourth-order valence-electron chi connectivity index (χ4n) is 2.22. The van der Waals surface area contributed by atoms with Crippen LogP contribution in [0, 0.1) is 6.92 Å². The van der Waals surface area contributed by atoms with Crippen LogP contribution in [0.2, 0.25) is 0 Å². The number of hydrogen-bond donors (Lipinski definition) is 1. The third-order valence-corrected chi connectivity index (χ3v) is 3.18. The van der Waals surface area contributed by atoms with Gasteiger partial charge in [0.2, 0.25) is 6.79 Å². The zero-order chi connectivity index (χ0) is 13.1. The summed E-state index contributed by atoms with van der Waals surface area (Å²) in [6.07, 6.45) is 0. The molecule has 3 heteroatoms. The average Bonchev–Trinajstić information content (AvgIpc) is 2.86. The molecule has 0 radical (unpaired) electrons. The van der Waals surface area contributed by atoms with E-state index in [1.165, 1.54) is 16.7 Å². The van der Waals surface area contributed by atoms with Gasteiger partial charge in [-0.15, -0.1) is 0 Å². The van der Waals surface area contributed by atoms with Crippen LogP contribution < -0.4 is 14.8 Å². The van der Waals surface area contributed by atoms with Gasteiger partial charge in [-0.3, -0.25) is 0 Å². The van der Waals surface area contributed by atoms with Crippen molar-refractivity contribution in [3.8, 4) is 11.5 Å². The van der Waals surface area contributed by atoms with Gasteiger partial charge in [0, 0.05) is 13.1 Å². The molecule has 98 valence electrons. The van der Waals surface area contributed by atoms with Gasteiger partial charge < -0.3 is 14.8 Å². The molecule has 19 heavy (non-hydrogen) atoms. The molecular weight excluding hydrogens is 238 g/mol. The van der Waals surface area contributed by atoms with E-state index in [-0.39, 0.29) is 0 Å². The van der Waals surface area contributed by atoms with Crippen LogP contribution in [-0.4, -0.2) is 6.79 Å². The van der Waals surface area contributed by atoms with Crippen LogP contribution in [-0.2, 0) is 13.1 Å². The first-order valence-electron chi connectivity index (χ1n) is 6.46. The lowest BCUT2D eigenvalue weighted by molar-refractivity contribution is 0.174. The molecule has 0 saturated heterocycles. The molecule has 1 N–H and O–H groups in total. The van der Waals surface area contributed by atoms with Crippen molar-refractivity contribution in [3.05, 3.63) is 59.2 Å². The van der Waals surface area contributed by atoms with Crippen LogP contribution >= 0.6 is 0 Å². The smallest absolute Gasteiger partial charge is 0.231 e. The molecule has 0 aromatic heterocycles. The van der Waals surface area contributed by atoms with E-state index in [9.17, 15) is 0 Å². The van der Waals surface area contributed by atoms with Gasteiger partial charge in [0.1, 0.15) is 0 Å². The van der Waals surface area contributed by atoms with Gasteiger partial charge in [-0.1, -0.05) is 35.9 Å². The quantitative estimate of drug-likeness (QED) is 0.911. The summed E-state index contributed by atoms with van der Waals surface area (Å²) in [7, 11) is 0. The first-order valence-corrected chi connectivity index (χ1v) is 6.46. The zero-order valence-corrected chi connectivity index (χ0v) is 11.0. The summed E-state index contributed by atoms with van der Waals surface area (Å²) >= 11 is 0. The minimum atomic E-state index is 0.329. The Labute approximate surface area is 113 Å². The highest BCUT2D eigenvalue weighted by molar-refractivity contribution is 5.44. The predicted molar refractivity (Wildman–Crippen MR) is 74.3 cm³/mol. The van der Waals surface area contributed by atoms with E-state index in [4.69, 9.17) is 9.47 Å². The normalized spacial score (nSPS) is 12.7. The molecule has 1 aliphatic rings. The van der Waals surface area contributed by atoms with Gasteiger partial charge in [-0.05, 0) is 30.2 Å². The van der Waals surface area contributed by atoms with E-state index in [1.807, 2.05) is 12.1 Å². The van der Waals surface area contributed by atoms with Crippen molar-refractivity contribution in [3.63, 3.8) is 0 Å². The average molecular weight is 255 g/mol. The highest BCUT2D eigenvalue weighted by atomic mass is 16.7. The van der Waals surface area contributed by atoms with Crippen LogP contribution in [0.25, 0.3) is 0 Å². The SMILES string of the molecule is Cc1cccc(CNCc2ccc3c(c2)OCO3)c1. The molecule has 0 saturated carbocycles. The Balaban J connectivity index is 1.58. The minimum Gasteiger partial charge on any atom is -0.454 e. The number of hydrogen-bond acceptors (Lipinski definition) is 3. The Morgan fingerprint density at radius 1 is 0.947 bits per heavy atom. The second kappa shape index (κ2) is 5.33. The monoisotopic (exact) mass is 255 g/mol. The van der Waals surface area contributed by atoms with E-state index in [1.54, 1.807) is 0 Å². The minimum absolute atomic E-state index is 0.329. The lowest BCUT2D eigenvalue weighted by Crippen LogP contribution is -2.12. The number of ether oxygens (including phenoxy) is 2. The summed E-state index contributed by atoms with van der Waals surface area (Å²) in [5, 5.41) is 3.44. The van der Waals surface area contributed by atoms with E-state index < -0.39 is 0 Å². The maximum Gasteiger partial charge on any atom is 0.231 e. The molecule has 0 unspecified atom stereocenters. The molecule has 0 spiro atoms. The second-order valence-electron chi connectivity index (χ2n) is 4.78. The topological polar surface area (TPSA) is 30.5 Å². The Kier molecular flexibility index (Phi) is 3.38. The van der Waals surface area contributed by atoms with Gasteiger partial charge in [-0.2, -0.15) is 0 Å². The molecule has 0 fully saturated rings. The van der Waals surface area contributed by atoms with Crippen LogP contribution in [0.15, 0.2) is 42.5 Å². The summed E-state index contributed by atoms with van der Waals surface area (Å²) in [4.78, 5) is 0. The Morgan fingerprint density at radius 2 is 1.74 bits per heavy atom. The first kappa shape index (κ1) is 12.1. The standard InChI is InChI=1S/C16H17NO2/c1-12-3-2-4-13(7-12)9-17-10-14-5-6-15-16(8-14)19-11-18-15/h2-8,17H,9-11H2,1H3. The number of rotatable bonds is 4. The van der Waals surface area contributed by atoms with Gasteiger partial charge in [0.25, 0.3) is 0 Å². The van der Waals surface area contributed by atoms with Crippen molar-refractivity contribution in [2.75, 3.05) is 6.79 Å². The van der Waals surface area contributed by atoms with Crippen molar-refractivity contribution in [1.82, 2.24) is 5.32 Å². The van der Waals surface area contributed by atoms with Gasteiger partial charge in [-0.25, -0.2) is 0 Å². The molecule has 2 aromatic rings. The second-order valence-corrected chi connectivity index (χ2v) is 4.78. The molecule has 0 aliphatic carbocycles. The maximum absolute atomic E-state index is 5.37. The third kappa shape index (κ3) is 2.88. The Hall–Kier alpha value is -2.00. The molecule has 1 heterocycles. The lowest BCUT2D eigenvalue weighted by atomic mass is 10.1. The summed E-state index contributed by atoms with van der Waals surface area (Å²) in [5.41, 5.74) is 3.81. The zero-order valence-electron chi connectivity index (χ0n) is 11.0. The number of nitrogens with one attached hydrogen (secondary N) is 1. The van der Waals surface area contributed by atoms with Crippen LogP contribution in [0.1, 0.15) is 16.7 Å². The summed E-state index contributed by atoms with van der Waals surface area (Å²) in [6, 6.07) is 14.6. The van der Waals surface area contributed by atoms with Gasteiger partial charge in [0.15, 0.2) is 11.5 Å². The van der Waals surface area contributed by atoms with Crippen molar-refractivity contribution in [2.45, 2.75) is 20.0 Å². The molecular formula is C16H17NO2. The van der Waals surface area contributed by atoms with Gasteiger partial charge >= 0.3 is 0 Å². The Morgan fingerprint density at radius 3 is 2.58 bits per heavy atom. The van der Waals surface area contributed by atoms with Crippen molar-refractivity contribution in [1.29, 1.82) is 0 Å². The van der Waals surface area contributed by atoms with E-state index in [0.717, 1.165) is 24.6 Å². The molecule has 1 aliphatic heterocycles. The molecule has 0 amide bonds. The molecule has 0 bridgehead atoms. The molecule has 2 aromatic carbocycles. The maximum atomic E-state index is 5.37. The molecule has 3 nitrogen and oxygen atoms in total. The van der Waals surface area contributed by atoms with Crippen molar-refractivity contribution in [2.24, 2.45) is 0 Å². The fraction of sp³-hybridized carbons (Fsp3) is 0.250. The largest absolute Gasteiger partial charge is 0.454 e. The molecule has 3 rings (SSSR count). The number of fused-ring (bicyclic) bond motifs is 1. The predicted octanol–water partition coefficient (Wildman–Crippen LogP) is 3.01. The summed E-state index contributed by atoms with van der Waals surface area (Å²) in [6.45, 7) is 4.14. The van der Waals surface area contributed by atoms with E-state index in [2.05, 4.69) is 42.6 Å². The highest BCUT2D eigenvalue weighted by Gasteiger charge is 2.12. The highest BCUT2D eigenvalue weighted by Crippen LogP contribution is 2.32.